The maximum absolute atomic E-state index is 4.71. The van der Waals surface area contributed by atoms with Crippen molar-refractivity contribution in [3.8, 4) is 44.8 Å². The normalized spacial score (nSPS) is 12.6. The highest BCUT2D eigenvalue weighted by molar-refractivity contribution is 6.09. The van der Waals surface area contributed by atoms with Crippen molar-refractivity contribution in [3.63, 3.8) is 0 Å². The highest BCUT2D eigenvalue weighted by Crippen LogP contribution is 2.37. The Bertz CT molecular complexity index is 2730. The second kappa shape index (κ2) is 11.6. The number of fused-ring (bicyclic) bond motifs is 6. The van der Waals surface area contributed by atoms with Gasteiger partial charge in [-0.05, 0) is 90.2 Å². The number of aryl methyl sites for hydroxylation is 1. The molecule has 4 aromatic heterocycles. The highest BCUT2D eigenvalue weighted by Gasteiger charge is 2.18. The van der Waals surface area contributed by atoms with E-state index in [-0.39, 0.29) is 0 Å². The van der Waals surface area contributed by atoms with Crippen molar-refractivity contribution < 1.29 is 0 Å². The average Bonchev–Trinajstić information content (AvgIpc) is 3.71. The minimum Gasteiger partial charge on any atom is -0.310 e. The predicted molar refractivity (Wildman–Crippen MR) is 207 cm³/mol. The Labute approximate surface area is 290 Å². The highest BCUT2D eigenvalue weighted by atomic mass is 15.0. The maximum Gasteiger partial charge on any atom is 0.0541 e. The lowest BCUT2D eigenvalue weighted by Gasteiger charge is -2.14. The smallest absolute Gasteiger partial charge is 0.0541 e. The first-order valence-electron chi connectivity index (χ1n) is 17.2. The van der Waals surface area contributed by atoms with Gasteiger partial charge in [0, 0.05) is 80.3 Å². The molecule has 0 N–H and O–H groups in total. The zero-order valence-corrected chi connectivity index (χ0v) is 27.4. The summed E-state index contributed by atoms with van der Waals surface area (Å²) in [5.74, 6) is 0. The number of allylic oxidation sites excluding steroid dienone is 1. The number of pyridine rings is 2. The quantitative estimate of drug-likeness (QED) is 0.188. The van der Waals surface area contributed by atoms with Gasteiger partial charge in [0.25, 0.3) is 0 Å². The number of para-hydroxylation sites is 3. The molecular weight excluding hydrogens is 609 g/mol. The second-order valence-corrected chi connectivity index (χ2v) is 13.1. The average molecular weight is 641 g/mol. The molecule has 10 rings (SSSR count). The van der Waals surface area contributed by atoms with Crippen LogP contribution in [0.4, 0.5) is 0 Å². The van der Waals surface area contributed by atoms with Crippen LogP contribution in [-0.4, -0.2) is 19.1 Å². The van der Waals surface area contributed by atoms with Crippen molar-refractivity contribution >= 4 is 38.8 Å². The molecule has 0 atom stereocenters. The zero-order chi connectivity index (χ0) is 33.0. The molecule has 4 heterocycles. The minimum atomic E-state index is 1.03. The van der Waals surface area contributed by atoms with Crippen LogP contribution in [0.5, 0.6) is 0 Å². The van der Waals surface area contributed by atoms with Crippen molar-refractivity contribution in [2.24, 2.45) is 0 Å². The van der Waals surface area contributed by atoms with E-state index >= 15 is 0 Å². The molecule has 0 saturated heterocycles. The topological polar surface area (TPSA) is 35.6 Å². The lowest BCUT2D eigenvalue weighted by molar-refractivity contribution is 0.968. The van der Waals surface area contributed by atoms with Crippen LogP contribution in [-0.2, 0) is 6.42 Å². The van der Waals surface area contributed by atoms with Crippen molar-refractivity contribution in [2.75, 3.05) is 0 Å². The molecule has 0 unspecified atom stereocenters. The van der Waals surface area contributed by atoms with Gasteiger partial charge >= 0.3 is 0 Å². The van der Waals surface area contributed by atoms with Crippen molar-refractivity contribution in [2.45, 2.75) is 12.8 Å². The van der Waals surface area contributed by atoms with E-state index in [4.69, 9.17) is 9.97 Å². The monoisotopic (exact) mass is 640 g/mol. The molecular formula is C46H32N4. The van der Waals surface area contributed by atoms with E-state index in [0.717, 1.165) is 57.6 Å². The molecule has 1 aliphatic rings. The molecule has 0 bridgehead atoms. The largest absolute Gasteiger partial charge is 0.310 e. The van der Waals surface area contributed by atoms with Gasteiger partial charge in [0.2, 0.25) is 0 Å². The number of hydrogen-bond acceptors (Lipinski definition) is 2. The van der Waals surface area contributed by atoms with Crippen LogP contribution in [0.2, 0.25) is 0 Å². The van der Waals surface area contributed by atoms with Gasteiger partial charge in [-0.2, -0.15) is 0 Å². The molecule has 0 aliphatic heterocycles. The van der Waals surface area contributed by atoms with Gasteiger partial charge < -0.3 is 9.13 Å². The minimum absolute atomic E-state index is 1.03. The van der Waals surface area contributed by atoms with Gasteiger partial charge in [-0.15, -0.1) is 0 Å². The Hall–Kier alpha value is -6.52. The summed E-state index contributed by atoms with van der Waals surface area (Å²) in [6.07, 6.45) is 14.5. The molecule has 50 heavy (non-hydrogen) atoms. The summed E-state index contributed by atoms with van der Waals surface area (Å²) in [5.41, 5.74) is 15.1. The molecule has 236 valence electrons. The third-order valence-corrected chi connectivity index (χ3v) is 10.1. The molecule has 0 fully saturated rings. The summed E-state index contributed by atoms with van der Waals surface area (Å²) in [6.45, 7) is 0. The molecule has 4 heteroatoms. The molecule has 0 spiro atoms. The first-order valence-corrected chi connectivity index (χ1v) is 17.2. The fourth-order valence-electron chi connectivity index (χ4n) is 7.83. The fraction of sp³-hybridized carbons (Fsp3) is 0.0435. The van der Waals surface area contributed by atoms with Gasteiger partial charge in [-0.25, -0.2) is 0 Å². The zero-order valence-electron chi connectivity index (χ0n) is 27.4. The van der Waals surface area contributed by atoms with Crippen LogP contribution in [0.15, 0.2) is 164 Å². The fourth-order valence-corrected chi connectivity index (χ4v) is 7.83. The number of nitrogens with zero attached hydrogens (tertiary/aromatic N) is 4. The van der Waals surface area contributed by atoms with Gasteiger partial charge in [0.05, 0.1) is 16.6 Å². The van der Waals surface area contributed by atoms with Crippen LogP contribution >= 0.6 is 0 Å². The van der Waals surface area contributed by atoms with E-state index in [2.05, 4.69) is 155 Å². The van der Waals surface area contributed by atoms with Crippen LogP contribution < -0.4 is 0 Å². The molecule has 5 aromatic carbocycles. The summed E-state index contributed by atoms with van der Waals surface area (Å²) in [4.78, 5) is 9.41. The van der Waals surface area contributed by atoms with E-state index in [9.17, 15) is 0 Å². The lowest BCUT2D eigenvalue weighted by atomic mass is 9.99. The van der Waals surface area contributed by atoms with E-state index in [1.54, 1.807) is 0 Å². The number of hydrogen-bond donors (Lipinski definition) is 0. The Morgan fingerprint density at radius 3 is 1.48 bits per heavy atom. The number of rotatable bonds is 5. The van der Waals surface area contributed by atoms with Crippen LogP contribution in [0, 0.1) is 0 Å². The second-order valence-electron chi connectivity index (χ2n) is 13.1. The molecule has 0 radical (unpaired) electrons. The van der Waals surface area contributed by atoms with Crippen molar-refractivity contribution in [1.82, 2.24) is 19.1 Å². The van der Waals surface area contributed by atoms with Gasteiger partial charge in [0.1, 0.15) is 0 Å². The number of aromatic nitrogens is 4. The summed E-state index contributed by atoms with van der Waals surface area (Å²) in [5, 5.41) is 3.86. The van der Waals surface area contributed by atoms with Gasteiger partial charge in [-0.1, -0.05) is 84.9 Å². The summed E-state index contributed by atoms with van der Waals surface area (Å²) in [6, 6.07) is 48.0. The Morgan fingerprint density at radius 1 is 0.420 bits per heavy atom. The molecule has 1 aliphatic carbocycles. The third kappa shape index (κ3) is 4.61. The van der Waals surface area contributed by atoms with E-state index in [1.807, 2.05) is 24.8 Å². The van der Waals surface area contributed by atoms with Crippen molar-refractivity contribution in [3.05, 3.63) is 176 Å². The lowest BCUT2D eigenvalue weighted by Crippen LogP contribution is -2.00. The van der Waals surface area contributed by atoms with E-state index in [1.165, 1.54) is 44.0 Å². The first kappa shape index (κ1) is 28.5. The molecule has 9 aromatic rings. The molecule has 0 saturated carbocycles. The van der Waals surface area contributed by atoms with Crippen LogP contribution in [0.25, 0.3) is 83.5 Å². The van der Waals surface area contributed by atoms with Gasteiger partial charge in [0.15, 0.2) is 0 Å². The van der Waals surface area contributed by atoms with E-state index < -0.39 is 0 Å². The Balaban J connectivity index is 1.02. The van der Waals surface area contributed by atoms with E-state index in [0.29, 0.717) is 0 Å². The first-order chi connectivity index (χ1) is 24.8. The Kier molecular flexibility index (Phi) is 6.59. The molecule has 0 amide bonds. The summed E-state index contributed by atoms with van der Waals surface area (Å²) < 4.78 is 4.76. The summed E-state index contributed by atoms with van der Waals surface area (Å²) >= 11 is 0. The Morgan fingerprint density at radius 2 is 0.900 bits per heavy atom. The van der Waals surface area contributed by atoms with Crippen LogP contribution in [0.1, 0.15) is 17.7 Å². The summed E-state index contributed by atoms with van der Waals surface area (Å²) in [7, 11) is 0. The third-order valence-electron chi connectivity index (χ3n) is 10.1. The SMILES string of the molecule is C1=Cc2c(c3ccccc3n2-c2cccc(-c3cncc(-c4cncc(-c5cccc(-n6c7ccccc7c7ccccc76)c5)c4)c3)c2)CC1. The number of benzene rings is 5. The van der Waals surface area contributed by atoms with Crippen molar-refractivity contribution in [1.29, 1.82) is 0 Å². The van der Waals surface area contributed by atoms with Crippen LogP contribution in [0.3, 0.4) is 0 Å². The van der Waals surface area contributed by atoms with Gasteiger partial charge in [-0.3, -0.25) is 9.97 Å². The maximum atomic E-state index is 4.71. The predicted octanol–water partition coefficient (Wildman–Crippen LogP) is 11.5. The standard InChI is InChI=1S/C46H32N4/c1-5-19-43-39(15-1)40-16-2-6-20-44(40)49(43)37-13-9-11-31(25-37)33-23-35(29-47-27-33)36-24-34(28-48-30-36)32-12-10-14-38(26-32)50-45-21-7-3-17-41(45)42-18-4-8-22-46(42)50/h1-3,5-17,19-30H,4,18H2. The molecule has 4 nitrogen and oxygen atoms in total.